The summed E-state index contributed by atoms with van der Waals surface area (Å²) < 4.78 is 3.10. The molecule has 0 radical (unpaired) electrons. The molecule has 0 bridgehead atoms. The van der Waals surface area contributed by atoms with E-state index >= 15 is 0 Å². The van der Waals surface area contributed by atoms with Gasteiger partial charge in [0.05, 0.1) is 15.1 Å². The summed E-state index contributed by atoms with van der Waals surface area (Å²) in [6.45, 7) is 2.70. The Kier molecular flexibility index (Phi) is 4.29. The smallest absolute Gasteiger partial charge is 0.279 e. The molecule has 3 aromatic carbocycles. The van der Waals surface area contributed by atoms with Crippen molar-refractivity contribution in [3.05, 3.63) is 81.1 Å². The Morgan fingerprint density at radius 2 is 1.85 bits per heavy atom. The Balaban J connectivity index is 1.85. The molecule has 0 spiro atoms. The maximum absolute atomic E-state index is 12.6. The molecule has 0 aliphatic heterocycles. The van der Waals surface area contributed by atoms with Crippen LogP contribution in [0.15, 0.2) is 65.7 Å². The van der Waals surface area contributed by atoms with E-state index in [-0.39, 0.29) is 5.69 Å². The minimum absolute atomic E-state index is 0.0523. The first-order chi connectivity index (χ1) is 13.1. The van der Waals surface area contributed by atoms with Crippen molar-refractivity contribution in [1.29, 1.82) is 0 Å². The highest BCUT2D eigenvalue weighted by Gasteiger charge is 2.12. The number of non-ortho nitro benzene ring substituents is 1. The number of nitro benzene ring substituents is 1. The standard InChI is InChI=1S/C20H15N3O3S/c1-2-22-17-12-9-13-5-3-4-6-16(13)18(17)27-20(22)21-19(24)14-7-10-15(11-8-14)23(25)26/h3-12H,2H2,1H3. The number of aryl methyl sites for hydroxylation is 1. The lowest BCUT2D eigenvalue weighted by atomic mass is 10.1. The number of amides is 1. The van der Waals surface area contributed by atoms with E-state index in [1.807, 2.05) is 29.7 Å². The molecule has 0 unspecified atom stereocenters. The van der Waals surface area contributed by atoms with Crippen molar-refractivity contribution in [2.24, 2.45) is 4.99 Å². The zero-order valence-corrected chi connectivity index (χ0v) is 15.3. The summed E-state index contributed by atoms with van der Waals surface area (Å²) in [5.41, 5.74) is 1.31. The van der Waals surface area contributed by atoms with Gasteiger partial charge >= 0.3 is 0 Å². The van der Waals surface area contributed by atoms with Crippen LogP contribution in [0.1, 0.15) is 17.3 Å². The SMILES string of the molecule is CCn1c(=NC(=O)c2ccc([N+](=O)[O-])cc2)sc2c3ccccc3ccc21. The first kappa shape index (κ1) is 17.1. The van der Waals surface area contributed by atoms with Crippen molar-refractivity contribution in [2.75, 3.05) is 0 Å². The Bertz CT molecular complexity index is 1250. The lowest BCUT2D eigenvalue weighted by Crippen LogP contribution is -2.15. The van der Waals surface area contributed by atoms with Gasteiger partial charge in [0.25, 0.3) is 11.6 Å². The third-order valence-corrected chi connectivity index (χ3v) is 5.54. The average molecular weight is 377 g/mol. The maximum Gasteiger partial charge on any atom is 0.279 e. The summed E-state index contributed by atoms with van der Waals surface area (Å²) in [6.07, 6.45) is 0. The van der Waals surface area contributed by atoms with Crippen molar-refractivity contribution in [2.45, 2.75) is 13.5 Å². The van der Waals surface area contributed by atoms with E-state index in [1.165, 1.54) is 35.6 Å². The van der Waals surface area contributed by atoms with E-state index in [0.717, 1.165) is 21.0 Å². The fourth-order valence-corrected chi connectivity index (χ4v) is 4.29. The summed E-state index contributed by atoms with van der Waals surface area (Å²) in [6, 6.07) is 17.7. The Morgan fingerprint density at radius 3 is 2.56 bits per heavy atom. The highest BCUT2D eigenvalue weighted by atomic mass is 32.1. The number of fused-ring (bicyclic) bond motifs is 3. The number of aromatic nitrogens is 1. The second-order valence-electron chi connectivity index (χ2n) is 5.98. The normalized spacial score (nSPS) is 12.0. The highest BCUT2D eigenvalue weighted by molar-refractivity contribution is 7.17. The van der Waals surface area contributed by atoms with Gasteiger partial charge in [-0.25, -0.2) is 0 Å². The summed E-state index contributed by atoms with van der Waals surface area (Å²) >= 11 is 1.48. The molecule has 0 aliphatic carbocycles. The van der Waals surface area contributed by atoms with E-state index in [1.54, 1.807) is 0 Å². The molecule has 1 aromatic heterocycles. The molecular weight excluding hydrogens is 362 g/mol. The molecule has 0 saturated heterocycles. The lowest BCUT2D eigenvalue weighted by Gasteiger charge is -2.02. The molecule has 134 valence electrons. The first-order valence-corrected chi connectivity index (χ1v) is 9.24. The molecule has 0 N–H and O–H groups in total. The van der Waals surface area contributed by atoms with Crippen LogP contribution in [0.25, 0.3) is 21.0 Å². The fourth-order valence-electron chi connectivity index (χ4n) is 3.07. The maximum atomic E-state index is 12.6. The number of nitro groups is 1. The van der Waals surface area contributed by atoms with E-state index in [4.69, 9.17) is 0 Å². The number of benzene rings is 3. The van der Waals surface area contributed by atoms with Crippen molar-refractivity contribution in [1.82, 2.24) is 4.57 Å². The molecule has 27 heavy (non-hydrogen) atoms. The van der Waals surface area contributed by atoms with Gasteiger partial charge in [-0.2, -0.15) is 4.99 Å². The van der Waals surface area contributed by atoms with E-state index in [0.29, 0.717) is 16.9 Å². The van der Waals surface area contributed by atoms with Crippen molar-refractivity contribution >= 4 is 43.9 Å². The van der Waals surface area contributed by atoms with Gasteiger partial charge in [0, 0.05) is 29.6 Å². The molecule has 4 rings (SSSR count). The third kappa shape index (κ3) is 3.02. The van der Waals surface area contributed by atoms with Crippen molar-refractivity contribution in [3.63, 3.8) is 0 Å². The van der Waals surface area contributed by atoms with Gasteiger partial charge in [0.2, 0.25) is 0 Å². The predicted molar refractivity (Wildman–Crippen MR) is 106 cm³/mol. The van der Waals surface area contributed by atoms with E-state index in [2.05, 4.69) is 23.2 Å². The number of nitrogens with zero attached hydrogens (tertiary/aromatic N) is 3. The van der Waals surface area contributed by atoms with Gasteiger partial charge in [-0.15, -0.1) is 0 Å². The molecule has 1 heterocycles. The minimum atomic E-state index is -0.493. The van der Waals surface area contributed by atoms with Crippen molar-refractivity contribution < 1.29 is 9.72 Å². The molecule has 4 aromatic rings. The van der Waals surface area contributed by atoms with Crippen LogP contribution < -0.4 is 4.80 Å². The number of hydrogen-bond acceptors (Lipinski definition) is 4. The van der Waals surface area contributed by atoms with Crippen LogP contribution in [0.3, 0.4) is 0 Å². The average Bonchev–Trinajstić information content (AvgIpc) is 3.05. The Hall–Kier alpha value is -3.32. The lowest BCUT2D eigenvalue weighted by molar-refractivity contribution is -0.384. The van der Waals surface area contributed by atoms with E-state index < -0.39 is 10.8 Å². The number of thiazole rings is 1. The highest BCUT2D eigenvalue weighted by Crippen LogP contribution is 2.27. The molecule has 0 atom stereocenters. The molecular formula is C20H15N3O3S. The number of rotatable bonds is 3. The largest absolute Gasteiger partial charge is 0.317 e. The molecule has 0 aliphatic rings. The van der Waals surface area contributed by atoms with Crippen LogP contribution >= 0.6 is 11.3 Å². The molecule has 1 amide bonds. The second-order valence-corrected chi connectivity index (χ2v) is 6.96. The zero-order valence-electron chi connectivity index (χ0n) is 14.5. The van der Waals surface area contributed by atoms with Gasteiger partial charge in [-0.05, 0) is 30.5 Å². The monoisotopic (exact) mass is 377 g/mol. The van der Waals surface area contributed by atoms with Gasteiger partial charge in [0.15, 0.2) is 4.80 Å². The Labute approximate surface area is 158 Å². The van der Waals surface area contributed by atoms with Crippen LogP contribution in [0.2, 0.25) is 0 Å². The summed E-state index contributed by atoms with van der Waals surface area (Å²) in [4.78, 5) is 27.7. The number of carbonyl (C=O) groups excluding carboxylic acids is 1. The summed E-state index contributed by atoms with van der Waals surface area (Å²) in [5, 5.41) is 13.0. The minimum Gasteiger partial charge on any atom is -0.317 e. The first-order valence-electron chi connectivity index (χ1n) is 8.43. The van der Waals surface area contributed by atoms with Gasteiger partial charge in [0.1, 0.15) is 0 Å². The zero-order chi connectivity index (χ0) is 19.0. The Morgan fingerprint density at radius 1 is 1.11 bits per heavy atom. The molecule has 6 nitrogen and oxygen atoms in total. The summed E-state index contributed by atoms with van der Waals surface area (Å²) in [5.74, 6) is -0.414. The quantitative estimate of drug-likeness (QED) is 0.389. The topological polar surface area (TPSA) is 77.5 Å². The van der Waals surface area contributed by atoms with Crippen LogP contribution in [-0.2, 0) is 6.54 Å². The van der Waals surface area contributed by atoms with Crippen LogP contribution in [0.4, 0.5) is 5.69 Å². The summed E-state index contributed by atoms with van der Waals surface area (Å²) in [7, 11) is 0. The molecule has 7 heteroatoms. The van der Waals surface area contributed by atoms with Gasteiger partial charge in [-0.1, -0.05) is 41.7 Å². The van der Waals surface area contributed by atoms with Crippen LogP contribution in [0.5, 0.6) is 0 Å². The third-order valence-electron chi connectivity index (χ3n) is 4.41. The molecule has 0 saturated carbocycles. The van der Waals surface area contributed by atoms with E-state index in [9.17, 15) is 14.9 Å². The predicted octanol–water partition coefficient (Wildman–Crippen LogP) is 4.53. The molecule has 0 fully saturated rings. The van der Waals surface area contributed by atoms with Crippen LogP contribution in [0, 0.1) is 10.1 Å². The second kappa shape index (κ2) is 6.77. The van der Waals surface area contributed by atoms with Gasteiger partial charge < -0.3 is 4.57 Å². The number of carbonyl (C=O) groups is 1. The van der Waals surface area contributed by atoms with Gasteiger partial charge in [-0.3, -0.25) is 14.9 Å². The number of hydrogen-bond donors (Lipinski definition) is 0. The van der Waals surface area contributed by atoms with Crippen molar-refractivity contribution in [3.8, 4) is 0 Å². The van der Waals surface area contributed by atoms with Crippen LogP contribution in [-0.4, -0.2) is 15.4 Å². The fraction of sp³-hybridized carbons (Fsp3) is 0.100.